The van der Waals surface area contributed by atoms with Crippen molar-refractivity contribution < 1.29 is 32.3 Å². The van der Waals surface area contributed by atoms with E-state index in [1.807, 2.05) is 0 Å². The molecule has 0 spiro atoms. The molecule has 0 radical (unpaired) electrons. The molecule has 0 aromatic heterocycles. The Kier molecular flexibility index (Phi) is 3.82. The third-order valence-electron chi connectivity index (χ3n) is 3.70. The van der Waals surface area contributed by atoms with Crippen LogP contribution < -0.4 is 4.90 Å². The zero-order valence-corrected chi connectivity index (χ0v) is 12.6. The van der Waals surface area contributed by atoms with Crippen LogP contribution in [0.1, 0.15) is 18.1 Å². The molecule has 1 aliphatic rings. The van der Waals surface area contributed by atoms with Crippen LogP contribution in [0.2, 0.25) is 0 Å². The van der Waals surface area contributed by atoms with Gasteiger partial charge in [0, 0.05) is 18.1 Å². The third kappa shape index (κ3) is 2.55. The normalized spacial score (nSPS) is 15.4. The lowest BCUT2D eigenvalue weighted by atomic mass is 10.0. The number of carbonyl (C=O) groups is 2. The molecule has 2 amide bonds. The molecule has 4 nitrogen and oxygen atoms in total. The highest BCUT2D eigenvalue weighted by atomic mass is 19.2. The number of imide groups is 1. The van der Waals surface area contributed by atoms with Crippen molar-refractivity contribution >= 4 is 28.8 Å². The Labute approximate surface area is 138 Å². The Bertz CT molecular complexity index is 945. The third-order valence-corrected chi connectivity index (χ3v) is 3.70. The smallest absolute Gasteiger partial charge is 0.269 e. The minimum Gasteiger partial charge on any atom is -0.506 e. The van der Waals surface area contributed by atoms with Crippen molar-refractivity contribution in [3.8, 4) is 0 Å². The number of hydrogen-bond donors (Lipinski definition) is 1. The van der Waals surface area contributed by atoms with E-state index in [2.05, 4.69) is 0 Å². The van der Waals surface area contributed by atoms with Gasteiger partial charge in [0.25, 0.3) is 5.91 Å². The zero-order chi connectivity index (χ0) is 18.5. The Morgan fingerprint density at radius 2 is 1.64 bits per heavy atom. The number of aliphatic hydroxyl groups is 1. The molecule has 0 fully saturated rings. The van der Waals surface area contributed by atoms with Crippen LogP contribution in [-0.4, -0.2) is 16.9 Å². The summed E-state index contributed by atoms with van der Waals surface area (Å²) < 4.78 is 53.3. The van der Waals surface area contributed by atoms with Gasteiger partial charge < -0.3 is 5.11 Å². The summed E-state index contributed by atoms with van der Waals surface area (Å²) in [5, 5.41) is 10.3. The Morgan fingerprint density at radius 1 is 1.04 bits per heavy atom. The highest BCUT2D eigenvalue weighted by molar-refractivity contribution is 6.42. The van der Waals surface area contributed by atoms with Crippen molar-refractivity contribution in [3.63, 3.8) is 0 Å². The van der Waals surface area contributed by atoms with Gasteiger partial charge in [0.2, 0.25) is 5.91 Å². The van der Waals surface area contributed by atoms with Gasteiger partial charge in [-0.3, -0.25) is 9.59 Å². The molecule has 1 heterocycles. The second-order valence-electron chi connectivity index (χ2n) is 5.30. The molecule has 0 saturated heterocycles. The quantitative estimate of drug-likeness (QED) is 0.370. The van der Waals surface area contributed by atoms with Crippen molar-refractivity contribution in [2.45, 2.75) is 6.92 Å². The van der Waals surface area contributed by atoms with Gasteiger partial charge >= 0.3 is 0 Å². The predicted octanol–water partition coefficient (Wildman–Crippen LogP) is 3.56. The first-order valence-electron chi connectivity index (χ1n) is 6.95. The van der Waals surface area contributed by atoms with E-state index in [-0.39, 0.29) is 11.3 Å². The van der Waals surface area contributed by atoms with Crippen LogP contribution in [0.15, 0.2) is 30.3 Å². The molecule has 1 N–H and O–H groups in total. The highest BCUT2D eigenvalue weighted by Gasteiger charge is 2.38. The van der Waals surface area contributed by atoms with Crippen molar-refractivity contribution in [1.29, 1.82) is 0 Å². The van der Waals surface area contributed by atoms with Gasteiger partial charge in [-0.2, -0.15) is 0 Å². The lowest BCUT2D eigenvalue weighted by Gasteiger charge is -2.12. The molecular weight excluding hydrogens is 342 g/mol. The average molecular weight is 351 g/mol. The monoisotopic (exact) mass is 351 g/mol. The summed E-state index contributed by atoms with van der Waals surface area (Å²) in [4.78, 5) is 24.8. The van der Waals surface area contributed by atoms with Crippen molar-refractivity contribution in [3.05, 3.63) is 64.7 Å². The Hall–Kier alpha value is -3.16. The van der Waals surface area contributed by atoms with Gasteiger partial charge in [0.05, 0.1) is 11.3 Å². The molecule has 2 aromatic rings. The standard InChI is InChI=1S/C17H9F4NO3/c1-7(23)22-13-6-9(18)2-3-10(13)14(17(22)25)16(24)8-4-11(19)15(21)12(20)5-8/h2-6,24H,1H3/b16-14+. The maximum atomic E-state index is 13.5. The largest absolute Gasteiger partial charge is 0.506 e. The van der Waals surface area contributed by atoms with Crippen LogP contribution in [0.3, 0.4) is 0 Å². The van der Waals surface area contributed by atoms with E-state index in [9.17, 15) is 32.3 Å². The number of nitrogens with zero attached hydrogens (tertiary/aromatic N) is 1. The summed E-state index contributed by atoms with van der Waals surface area (Å²) in [6, 6.07) is 4.07. The number of halogens is 4. The molecule has 0 aliphatic carbocycles. The van der Waals surface area contributed by atoms with Crippen molar-refractivity contribution in [2.75, 3.05) is 4.90 Å². The zero-order valence-electron chi connectivity index (χ0n) is 12.6. The number of fused-ring (bicyclic) bond motifs is 1. The molecule has 25 heavy (non-hydrogen) atoms. The van der Waals surface area contributed by atoms with Crippen molar-refractivity contribution in [2.24, 2.45) is 0 Å². The summed E-state index contributed by atoms with van der Waals surface area (Å²) in [5.41, 5.74) is -1.05. The first-order chi connectivity index (χ1) is 11.7. The van der Waals surface area contributed by atoms with Crippen LogP contribution in [0.25, 0.3) is 11.3 Å². The molecule has 0 bridgehead atoms. The average Bonchev–Trinajstić information content (AvgIpc) is 2.82. The number of carbonyl (C=O) groups excluding carboxylic acids is 2. The molecule has 2 aromatic carbocycles. The minimum absolute atomic E-state index is 0.00393. The lowest BCUT2D eigenvalue weighted by Crippen LogP contribution is -2.31. The fourth-order valence-corrected chi connectivity index (χ4v) is 2.62. The van der Waals surface area contributed by atoms with Gasteiger partial charge in [-0.1, -0.05) is 0 Å². The van der Waals surface area contributed by atoms with Crippen LogP contribution in [0.4, 0.5) is 23.2 Å². The fourth-order valence-electron chi connectivity index (χ4n) is 2.62. The van der Waals surface area contributed by atoms with Crippen molar-refractivity contribution in [1.82, 2.24) is 0 Å². The first-order valence-corrected chi connectivity index (χ1v) is 6.95. The van der Waals surface area contributed by atoms with Gasteiger partial charge in [0.1, 0.15) is 11.6 Å². The Balaban J connectivity index is 2.28. The molecule has 128 valence electrons. The van der Waals surface area contributed by atoms with Gasteiger partial charge in [-0.25, -0.2) is 22.5 Å². The minimum atomic E-state index is -1.73. The van der Waals surface area contributed by atoms with E-state index < -0.39 is 52.0 Å². The fraction of sp³-hybridized carbons (Fsp3) is 0.0588. The molecule has 0 saturated carbocycles. The van der Waals surface area contributed by atoms with Gasteiger partial charge in [0.15, 0.2) is 17.5 Å². The number of amides is 2. The molecule has 0 atom stereocenters. The molecule has 3 rings (SSSR count). The van der Waals surface area contributed by atoms with E-state index in [0.717, 1.165) is 25.1 Å². The van der Waals surface area contributed by atoms with Crippen LogP contribution in [0.5, 0.6) is 0 Å². The number of rotatable bonds is 1. The summed E-state index contributed by atoms with van der Waals surface area (Å²) in [6.07, 6.45) is 0. The lowest BCUT2D eigenvalue weighted by molar-refractivity contribution is -0.122. The summed E-state index contributed by atoms with van der Waals surface area (Å²) in [7, 11) is 0. The van der Waals surface area contributed by atoms with Crippen LogP contribution >= 0.6 is 0 Å². The van der Waals surface area contributed by atoms with Crippen LogP contribution in [0, 0.1) is 23.3 Å². The van der Waals surface area contributed by atoms with Gasteiger partial charge in [-0.05, 0) is 30.3 Å². The number of aliphatic hydroxyl groups excluding tert-OH is 1. The number of hydrogen-bond acceptors (Lipinski definition) is 3. The number of anilines is 1. The van der Waals surface area contributed by atoms with Crippen LogP contribution in [-0.2, 0) is 9.59 Å². The second kappa shape index (κ2) is 5.73. The first kappa shape index (κ1) is 16.7. The highest BCUT2D eigenvalue weighted by Crippen LogP contribution is 2.40. The van der Waals surface area contributed by atoms with E-state index in [4.69, 9.17) is 0 Å². The molecule has 1 aliphatic heterocycles. The van der Waals surface area contributed by atoms with E-state index in [1.54, 1.807) is 0 Å². The second-order valence-corrected chi connectivity index (χ2v) is 5.30. The van der Waals surface area contributed by atoms with E-state index in [1.165, 1.54) is 0 Å². The summed E-state index contributed by atoms with van der Waals surface area (Å²) in [6.45, 7) is 1.06. The predicted molar refractivity (Wildman–Crippen MR) is 80.3 cm³/mol. The summed E-state index contributed by atoms with van der Waals surface area (Å²) in [5.74, 6) is -8.17. The summed E-state index contributed by atoms with van der Waals surface area (Å²) >= 11 is 0. The molecule has 8 heteroatoms. The molecular formula is C17H9F4NO3. The number of benzene rings is 2. The van der Waals surface area contributed by atoms with E-state index >= 15 is 0 Å². The SMILES string of the molecule is CC(=O)N1C(=O)/C(=C(/O)c2cc(F)c(F)c(F)c2)c2ccc(F)cc21. The topological polar surface area (TPSA) is 57.6 Å². The Morgan fingerprint density at radius 3 is 2.20 bits per heavy atom. The van der Waals surface area contributed by atoms with E-state index in [0.29, 0.717) is 17.0 Å². The van der Waals surface area contributed by atoms with Gasteiger partial charge in [-0.15, -0.1) is 0 Å². The maximum Gasteiger partial charge on any atom is 0.269 e. The maximum absolute atomic E-state index is 13.5. The molecule has 0 unspecified atom stereocenters.